The largest absolute Gasteiger partial charge is 0.496 e. The van der Waals surface area contributed by atoms with Crippen molar-refractivity contribution in [1.82, 2.24) is 4.98 Å². The van der Waals surface area contributed by atoms with E-state index in [0.29, 0.717) is 16.4 Å². The molecule has 1 amide bonds. The molecule has 0 bridgehead atoms. The van der Waals surface area contributed by atoms with Crippen LogP contribution in [0.15, 0.2) is 42.5 Å². The molecule has 3 aromatic rings. The molecule has 5 heteroatoms. The molecule has 0 unspecified atom stereocenters. The minimum Gasteiger partial charge on any atom is -0.496 e. The number of hydrogen-bond acceptors (Lipinski definition) is 4. The molecule has 140 valence electrons. The van der Waals surface area contributed by atoms with Crippen LogP contribution in [-0.4, -0.2) is 18.0 Å². The topological polar surface area (TPSA) is 51.2 Å². The monoisotopic (exact) mass is 380 g/mol. The number of carbonyl (C=O) groups is 1. The number of ether oxygens (including phenoxy) is 1. The Labute approximate surface area is 164 Å². The molecular formula is C22H24N2O2S. The van der Waals surface area contributed by atoms with Gasteiger partial charge in [-0.05, 0) is 44.0 Å². The van der Waals surface area contributed by atoms with E-state index in [2.05, 4.69) is 44.3 Å². The Morgan fingerprint density at radius 3 is 2.70 bits per heavy atom. The van der Waals surface area contributed by atoms with E-state index in [1.54, 1.807) is 30.6 Å². The van der Waals surface area contributed by atoms with Gasteiger partial charge in [0.15, 0.2) is 5.13 Å². The summed E-state index contributed by atoms with van der Waals surface area (Å²) < 4.78 is 5.29. The third-order valence-electron chi connectivity index (χ3n) is 4.39. The summed E-state index contributed by atoms with van der Waals surface area (Å²) in [7, 11) is 1.56. The van der Waals surface area contributed by atoms with E-state index in [4.69, 9.17) is 9.72 Å². The van der Waals surface area contributed by atoms with Crippen LogP contribution in [0.2, 0.25) is 0 Å². The molecule has 27 heavy (non-hydrogen) atoms. The van der Waals surface area contributed by atoms with E-state index in [1.165, 1.54) is 16.0 Å². The van der Waals surface area contributed by atoms with Crippen LogP contribution in [0.4, 0.5) is 5.13 Å². The summed E-state index contributed by atoms with van der Waals surface area (Å²) >= 11 is 1.55. The van der Waals surface area contributed by atoms with Crippen molar-refractivity contribution in [3.8, 4) is 17.0 Å². The Morgan fingerprint density at radius 1 is 1.19 bits per heavy atom. The summed E-state index contributed by atoms with van der Waals surface area (Å²) in [6.45, 7) is 6.33. The predicted octanol–water partition coefficient (Wildman–Crippen LogP) is 5.64. The molecule has 3 rings (SSSR count). The highest BCUT2D eigenvalue weighted by Gasteiger charge is 2.18. The lowest BCUT2D eigenvalue weighted by atomic mass is 10.0. The second-order valence-corrected chi connectivity index (χ2v) is 7.60. The summed E-state index contributed by atoms with van der Waals surface area (Å²) in [5, 5.41) is 3.56. The number of benzene rings is 2. The molecule has 4 nitrogen and oxygen atoms in total. The van der Waals surface area contributed by atoms with Crippen LogP contribution >= 0.6 is 11.3 Å². The maximum absolute atomic E-state index is 12.7. The zero-order chi connectivity index (χ0) is 19.4. The molecule has 0 aliphatic rings. The van der Waals surface area contributed by atoms with Gasteiger partial charge in [-0.3, -0.25) is 10.1 Å². The summed E-state index contributed by atoms with van der Waals surface area (Å²) in [6, 6.07) is 13.6. The van der Waals surface area contributed by atoms with Crippen LogP contribution in [0.25, 0.3) is 11.3 Å². The Bertz CT molecular complexity index is 963. The number of nitrogens with one attached hydrogen (secondary N) is 1. The number of aryl methyl sites for hydroxylation is 3. The van der Waals surface area contributed by atoms with Gasteiger partial charge in [-0.25, -0.2) is 4.98 Å². The van der Waals surface area contributed by atoms with Crippen molar-refractivity contribution >= 4 is 22.4 Å². The van der Waals surface area contributed by atoms with E-state index in [-0.39, 0.29) is 5.91 Å². The van der Waals surface area contributed by atoms with E-state index in [0.717, 1.165) is 24.1 Å². The van der Waals surface area contributed by atoms with E-state index in [1.807, 2.05) is 12.1 Å². The van der Waals surface area contributed by atoms with Gasteiger partial charge < -0.3 is 4.74 Å². The first-order chi connectivity index (χ1) is 13.0. The van der Waals surface area contributed by atoms with Gasteiger partial charge in [0.2, 0.25) is 0 Å². The summed E-state index contributed by atoms with van der Waals surface area (Å²) in [5.74, 6) is 0.340. The predicted molar refractivity (Wildman–Crippen MR) is 112 cm³/mol. The smallest absolute Gasteiger partial charge is 0.261 e. The second kappa shape index (κ2) is 8.35. The van der Waals surface area contributed by atoms with Gasteiger partial charge in [0.25, 0.3) is 5.91 Å². The summed E-state index contributed by atoms with van der Waals surface area (Å²) in [6.07, 6.45) is 1.96. The molecule has 0 fully saturated rings. The third-order valence-corrected chi connectivity index (χ3v) is 5.43. The molecular weight excluding hydrogens is 356 g/mol. The Morgan fingerprint density at radius 2 is 1.96 bits per heavy atom. The van der Waals surface area contributed by atoms with Gasteiger partial charge >= 0.3 is 0 Å². The van der Waals surface area contributed by atoms with E-state index >= 15 is 0 Å². The van der Waals surface area contributed by atoms with Crippen LogP contribution < -0.4 is 10.1 Å². The van der Waals surface area contributed by atoms with Crippen molar-refractivity contribution in [2.75, 3.05) is 12.4 Å². The molecule has 1 heterocycles. The molecule has 0 atom stereocenters. The lowest BCUT2D eigenvalue weighted by molar-refractivity contribution is 0.102. The lowest BCUT2D eigenvalue weighted by Gasteiger charge is -2.07. The van der Waals surface area contributed by atoms with Crippen LogP contribution in [0.3, 0.4) is 0 Å². The second-order valence-electron chi connectivity index (χ2n) is 6.51. The number of carbonyl (C=O) groups excluding carboxylic acids is 1. The van der Waals surface area contributed by atoms with Crippen molar-refractivity contribution in [1.29, 1.82) is 0 Å². The normalized spacial score (nSPS) is 10.7. The molecule has 0 saturated heterocycles. The van der Waals surface area contributed by atoms with Crippen molar-refractivity contribution in [2.45, 2.75) is 33.6 Å². The molecule has 0 saturated carbocycles. The van der Waals surface area contributed by atoms with Gasteiger partial charge in [0.1, 0.15) is 5.75 Å². The SMILES string of the molecule is CCCc1sc(NC(=O)c2ccccc2OC)nc1-c1cc(C)ccc1C. The number of anilines is 1. The fourth-order valence-electron chi connectivity index (χ4n) is 3.00. The molecule has 0 aliphatic carbocycles. The fraction of sp³-hybridized carbons (Fsp3) is 0.273. The molecule has 0 radical (unpaired) electrons. The number of thiazole rings is 1. The van der Waals surface area contributed by atoms with Crippen molar-refractivity contribution in [2.24, 2.45) is 0 Å². The van der Waals surface area contributed by atoms with Crippen LogP contribution in [0, 0.1) is 13.8 Å². The number of amides is 1. The van der Waals surface area contributed by atoms with Gasteiger partial charge in [-0.2, -0.15) is 0 Å². The van der Waals surface area contributed by atoms with Crippen LogP contribution in [0.5, 0.6) is 5.75 Å². The number of rotatable bonds is 6. The van der Waals surface area contributed by atoms with Gasteiger partial charge in [0, 0.05) is 10.4 Å². The number of methoxy groups -OCH3 is 1. The molecule has 2 aromatic carbocycles. The van der Waals surface area contributed by atoms with Crippen molar-refractivity contribution in [3.05, 3.63) is 64.0 Å². The maximum atomic E-state index is 12.7. The number of aromatic nitrogens is 1. The standard InChI is InChI=1S/C22H24N2O2S/c1-5-8-19-20(17-13-14(2)11-12-15(17)3)23-22(27-19)24-21(25)16-9-6-7-10-18(16)26-4/h6-7,9-13H,5,8H2,1-4H3,(H,23,24,25). The average Bonchev–Trinajstić information content (AvgIpc) is 3.06. The van der Waals surface area contributed by atoms with Crippen LogP contribution in [-0.2, 0) is 6.42 Å². The Hall–Kier alpha value is -2.66. The fourth-order valence-corrected chi connectivity index (χ4v) is 4.07. The van der Waals surface area contributed by atoms with E-state index in [9.17, 15) is 4.79 Å². The summed E-state index contributed by atoms with van der Waals surface area (Å²) in [4.78, 5) is 18.7. The summed E-state index contributed by atoms with van der Waals surface area (Å²) in [5.41, 5.74) is 4.99. The van der Waals surface area contributed by atoms with E-state index < -0.39 is 0 Å². The highest BCUT2D eigenvalue weighted by atomic mass is 32.1. The third kappa shape index (κ3) is 4.19. The maximum Gasteiger partial charge on any atom is 0.261 e. The number of para-hydroxylation sites is 1. The number of hydrogen-bond donors (Lipinski definition) is 1. The highest BCUT2D eigenvalue weighted by molar-refractivity contribution is 7.16. The first-order valence-electron chi connectivity index (χ1n) is 9.05. The van der Waals surface area contributed by atoms with Crippen molar-refractivity contribution in [3.63, 3.8) is 0 Å². The van der Waals surface area contributed by atoms with Gasteiger partial charge in [0.05, 0.1) is 18.4 Å². The average molecular weight is 381 g/mol. The van der Waals surface area contributed by atoms with Gasteiger partial charge in [-0.1, -0.05) is 43.2 Å². The first-order valence-corrected chi connectivity index (χ1v) is 9.86. The first kappa shape index (κ1) is 19.1. The molecule has 1 aromatic heterocycles. The zero-order valence-corrected chi connectivity index (χ0v) is 16.9. The van der Waals surface area contributed by atoms with Gasteiger partial charge in [-0.15, -0.1) is 11.3 Å². The minimum absolute atomic E-state index is 0.211. The Kier molecular flexibility index (Phi) is 5.91. The molecule has 1 N–H and O–H groups in total. The zero-order valence-electron chi connectivity index (χ0n) is 16.1. The van der Waals surface area contributed by atoms with Crippen molar-refractivity contribution < 1.29 is 9.53 Å². The lowest BCUT2D eigenvalue weighted by Crippen LogP contribution is -2.12. The number of nitrogens with zero attached hydrogens (tertiary/aromatic N) is 1. The highest BCUT2D eigenvalue weighted by Crippen LogP contribution is 2.34. The molecule has 0 aliphatic heterocycles. The molecule has 0 spiro atoms. The van der Waals surface area contributed by atoms with Crippen LogP contribution in [0.1, 0.15) is 39.7 Å². The Balaban J connectivity index is 1.95. The quantitative estimate of drug-likeness (QED) is 0.602. The minimum atomic E-state index is -0.211.